The fourth-order valence-electron chi connectivity index (χ4n) is 2.11. The summed E-state index contributed by atoms with van der Waals surface area (Å²) in [6.45, 7) is 2.25. The molecule has 21 heavy (non-hydrogen) atoms. The number of nitro groups is 1. The molecule has 7 heteroatoms. The molecule has 1 heterocycles. The number of aromatic nitrogens is 2. The quantitative estimate of drug-likeness (QED) is 0.446. The molecule has 0 spiro atoms. The monoisotopic (exact) mass is 348 g/mol. The number of nitro benzene ring substituents is 1. The van der Waals surface area contributed by atoms with Crippen LogP contribution in [0, 0.1) is 17.0 Å². The van der Waals surface area contributed by atoms with Crippen LogP contribution >= 0.6 is 0 Å². The molecule has 0 fully saturated rings. The molecule has 0 aliphatic rings. The summed E-state index contributed by atoms with van der Waals surface area (Å²) in [4.78, 5) is 10.6. The Kier molecular flexibility index (Phi) is 3.68. The topological polar surface area (TPSA) is 81.0 Å². The average molecular weight is 347 g/mol. The van der Waals surface area contributed by atoms with Gasteiger partial charge in [-0.2, -0.15) is 0 Å². The maximum absolute atomic E-state index is 11.0. The molecule has 6 nitrogen and oxygen atoms in total. The van der Waals surface area contributed by atoms with Crippen molar-refractivity contribution in [3.05, 3.63) is 57.6 Å². The predicted molar refractivity (Wildman–Crippen MR) is 81.6 cm³/mol. The summed E-state index contributed by atoms with van der Waals surface area (Å²) < 4.78 is 8.73. The summed E-state index contributed by atoms with van der Waals surface area (Å²) in [5.41, 5.74) is 4.40. The van der Waals surface area contributed by atoms with E-state index in [1.54, 1.807) is 19.1 Å². The Bertz CT molecular complexity index is 816. The van der Waals surface area contributed by atoms with Crippen LogP contribution < -0.4 is 5.32 Å². The first-order valence-electron chi connectivity index (χ1n) is 6.34. The van der Waals surface area contributed by atoms with E-state index in [-0.39, 0.29) is 25.6 Å². The zero-order valence-electron chi connectivity index (χ0n) is 11.2. The van der Waals surface area contributed by atoms with Gasteiger partial charge in [-0.05, 0) is 0 Å². The molecule has 3 aromatic rings. The SMILES string of the molecule is Cc1ccc(CNc2cccc3n[se]nc23)cc1[N+](=O)[O-]. The van der Waals surface area contributed by atoms with Gasteiger partial charge in [0, 0.05) is 0 Å². The summed E-state index contributed by atoms with van der Waals surface area (Å²) >= 11 is -0.0667. The van der Waals surface area contributed by atoms with Crippen LogP contribution in [0.25, 0.3) is 11.0 Å². The number of aryl methyl sites for hydroxylation is 1. The van der Waals surface area contributed by atoms with E-state index in [4.69, 9.17) is 0 Å². The van der Waals surface area contributed by atoms with Gasteiger partial charge >= 0.3 is 127 Å². The average Bonchev–Trinajstić information content (AvgIpc) is 2.95. The van der Waals surface area contributed by atoms with Crippen LogP contribution in [-0.4, -0.2) is 27.8 Å². The standard InChI is InChI=1S/C14H12N4O2Se/c1-9-5-6-10(7-13(9)18(19)20)8-15-11-3-2-4-12-14(11)17-21-16-12/h2-7,15H,8H2,1H3. The van der Waals surface area contributed by atoms with Crippen LogP contribution in [0.4, 0.5) is 11.4 Å². The molecular weight excluding hydrogens is 335 g/mol. The molecule has 2 aromatic carbocycles. The predicted octanol–water partition coefficient (Wildman–Crippen LogP) is 2.52. The van der Waals surface area contributed by atoms with Crippen LogP contribution in [0.15, 0.2) is 36.4 Å². The minimum absolute atomic E-state index is 0.0667. The summed E-state index contributed by atoms with van der Waals surface area (Å²) in [6.07, 6.45) is 0. The summed E-state index contributed by atoms with van der Waals surface area (Å²) in [6, 6.07) is 11.1. The van der Waals surface area contributed by atoms with Crippen molar-refractivity contribution >= 4 is 37.4 Å². The van der Waals surface area contributed by atoms with Crippen molar-refractivity contribution in [2.75, 3.05) is 5.32 Å². The van der Waals surface area contributed by atoms with Gasteiger partial charge in [0.2, 0.25) is 0 Å². The molecule has 3 rings (SSSR count). The van der Waals surface area contributed by atoms with Crippen molar-refractivity contribution in [2.24, 2.45) is 0 Å². The molecule has 0 unspecified atom stereocenters. The third kappa shape index (κ3) is 2.79. The number of anilines is 1. The van der Waals surface area contributed by atoms with Crippen LogP contribution in [0.2, 0.25) is 0 Å². The van der Waals surface area contributed by atoms with Gasteiger partial charge in [0.05, 0.1) is 0 Å². The van der Waals surface area contributed by atoms with E-state index in [1.807, 2.05) is 24.3 Å². The van der Waals surface area contributed by atoms with E-state index < -0.39 is 0 Å². The van der Waals surface area contributed by atoms with E-state index >= 15 is 0 Å². The Morgan fingerprint density at radius 3 is 2.95 bits per heavy atom. The number of rotatable bonds is 4. The fourth-order valence-corrected chi connectivity index (χ4v) is 3.26. The molecule has 0 bridgehead atoms. The Morgan fingerprint density at radius 1 is 1.29 bits per heavy atom. The molecule has 1 aromatic heterocycles. The molecule has 0 aliphatic carbocycles. The molecule has 0 amide bonds. The number of fused-ring (bicyclic) bond motifs is 1. The molecule has 1 N–H and O–H groups in total. The molecule has 0 radical (unpaired) electrons. The number of hydrogen-bond donors (Lipinski definition) is 1. The van der Waals surface area contributed by atoms with E-state index in [0.717, 1.165) is 22.3 Å². The second kappa shape index (κ2) is 5.63. The number of nitrogens with zero attached hydrogens (tertiary/aromatic N) is 3. The molecule has 0 atom stereocenters. The first-order valence-corrected chi connectivity index (χ1v) is 7.87. The van der Waals surface area contributed by atoms with Crippen molar-refractivity contribution in [1.82, 2.24) is 7.96 Å². The minimum atomic E-state index is -0.351. The van der Waals surface area contributed by atoms with Gasteiger partial charge in [0.15, 0.2) is 0 Å². The van der Waals surface area contributed by atoms with Crippen LogP contribution in [0.5, 0.6) is 0 Å². The van der Waals surface area contributed by atoms with Crippen molar-refractivity contribution in [3.63, 3.8) is 0 Å². The molecule has 0 saturated carbocycles. The van der Waals surface area contributed by atoms with Gasteiger partial charge < -0.3 is 0 Å². The van der Waals surface area contributed by atoms with Crippen molar-refractivity contribution in [1.29, 1.82) is 0 Å². The third-order valence-electron chi connectivity index (χ3n) is 3.24. The normalized spacial score (nSPS) is 10.7. The number of hydrogen-bond acceptors (Lipinski definition) is 5. The Labute approximate surface area is 127 Å². The van der Waals surface area contributed by atoms with Gasteiger partial charge in [0.1, 0.15) is 0 Å². The van der Waals surface area contributed by atoms with Crippen LogP contribution in [0.3, 0.4) is 0 Å². The summed E-state index contributed by atoms with van der Waals surface area (Å²) in [5, 5.41) is 14.2. The van der Waals surface area contributed by atoms with E-state index in [2.05, 4.69) is 13.3 Å². The zero-order chi connectivity index (χ0) is 14.8. The van der Waals surface area contributed by atoms with E-state index in [9.17, 15) is 10.1 Å². The second-order valence-corrected chi connectivity index (χ2v) is 5.78. The summed E-state index contributed by atoms with van der Waals surface area (Å²) in [5.74, 6) is 0. The zero-order valence-corrected chi connectivity index (χ0v) is 13.0. The Morgan fingerprint density at radius 2 is 2.14 bits per heavy atom. The molecule has 106 valence electrons. The van der Waals surface area contributed by atoms with Gasteiger partial charge in [-0.3, -0.25) is 0 Å². The second-order valence-electron chi connectivity index (χ2n) is 4.67. The van der Waals surface area contributed by atoms with Crippen molar-refractivity contribution < 1.29 is 4.92 Å². The number of benzene rings is 2. The first-order chi connectivity index (χ1) is 10.1. The van der Waals surface area contributed by atoms with Crippen LogP contribution in [-0.2, 0) is 6.54 Å². The maximum atomic E-state index is 11.0. The third-order valence-corrected chi connectivity index (χ3v) is 4.38. The molecule has 0 aliphatic heterocycles. The molecular formula is C14H12N4O2Se. The number of nitrogens with one attached hydrogen (secondary N) is 1. The Hall–Kier alpha value is -2.24. The van der Waals surface area contributed by atoms with Crippen molar-refractivity contribution in [2.45, 2.75) is 13.5 Å². The fraction of sp³-hybridized carbons (Fsp3) is 0.143. The first kappa shape index (κ1) is 13.7. The van der Waals surface area contributed by atoms with Gasteiger partial charge in [0.25, 0.3) is 0 Å². The summed E-state index contributed by atoms with van der Waals surface area (Å²) in [7, 11) is 0. The van der Waals surface area contributed by atoms with Gasteiger partial charge in [-0.1, -0.05) is 0 Å². The Balaban J connectivity index is 1.83. The van der Waals surface area contributed by atoms with E-state index in [1.165, 1.54) is 0 Å². The molecule has 0 saturated heterocycles. The van der Waals surface area contributed by atoms with E-state index in [0.29, 0.717) is 12.1 Å². The van der Waals surface area contributed by atoms with Gasteiger partial charge in [-0.15, -0.1) is 0 Å². The van der Waals surface area contributed by atoms with Crippen molar-refractivity contribution in [3.8, 4) is 0 Å². The van der Waals surface area contributed by atoms with Gasteiger partial charge in [-0.25, -0.2) is 0 Å². The van der Waals surface area contributed by atoms with Crippen LogP contribution in [0.1, 0.15) is 11.1 Å².